The Bertz CT molecular complexity index is 617. The van der Waals surface area contributed by atoms with Gasteiger partial charge < -0.3 is 15.2 Å². The molecule has 114 valence electrons. The van der Waals surface area contributed by atoms with Gasteiger partial charge in [0, 0.05) is 26.2 Å². The molecule has 3 rings (SSSR count). The van der Waals surface area contributed by atoms with Crippen LogP contribution in [0.15, 0.2) is 35.6 Å². The summed E-state index contributed by atoms with van der Waals surface area (Å²) in [4.78, 5) is 10.9. The van der Waals surface area contributed by atoms with Crippen LogP contribution in [-0.4, -0.2) is 40.0 Å². The third-order valence-electron chi connectivity index (χ3n) is 3.81. The van der Waals surface area contributed by atoms with Crippen molar-refractivity contribution in [2.75, 3.05) is 13.6 Å². The molecule has 0 bridgehead atoms. The van der Waals surface area contributed by atoms with Gasteiger partial charge in [0.1, 0.15) is 0 Å². The summed E-state index contributed by atoms with van der Waals surface area (Å²) in [7, 11) is 2.03. The van der Waals surface area contributed by atoms with E-state index in [2.05, 4.69) is 25.5 Å². The molecule has 1 fully saturated rings. The number of hydrogen-bond donors (Lipinski definition) is 1. The zero-order chi connectivity index (χ0) is 13.9. The molecule has 0 radical (unpaired) electrons. The predicted octanol–water partition coefficient (Wildman–Crippen LogP) is 2.45. The molecule has 21 heavy (non-hydrogen) atoms. The van der Waals surface area contributed by atoms with Crippen LogP contribution >= 0.6 is 24.0 Å². The lowest BCUT2D eigenvalue weighted by Crippen LogP contribution is -2.35. The highest BCUT2D eigenvalue weighted by Gasteiger charge is 2.27. The number of hydrogen-bond acceptors (Lipinski definition) is 2. The Balaban J connectivity index is 0.00000161. The molecule has 2 aromatic rings. The van der Waals surface area contributed by atoms with Gasteiger partial charge in [-0.05, 0) is 31.4 Å². The summed E-state index contributed by atoms with van der Waals surface area (Å²) in [5.74, 6) is 0.669. The van der Waals surface area contributed by atoms with E-state index in [9.17, 15) is 0 Å². The number of guanidine groups is 1. The topological polar surface area (TPSA) is 59.4 Å². The van der Waals surface area contributed by atoms with Crippen LogP contribution in [0.2, 0.25) is 0 Å². The van der Waals surface area contributed by atoms with Gasteiger partial charge in [-0.3, -0.25) is 4.99 Å². The number of fused-ring (bicyclic) bond motifs is 1. The Morgan fingerprint density at radius 2 is 2.19 bits per heavy atom. The third kappa shape index (κ3) is 3.87. The van der Waals surface area contributed by atoms with Crippen molar-refractivity contribution in [3.05, 3.63) is 30.6 Å². The largest absolute Gasteiger partial charge is 0.370 e. The second kappa shape index (κ2) is 7.11. The molecule has 2 N–H and O–H groups in total. The lowest BCUT2D eigenvalue weighted by molar-refractivity contribution is 0.486. The summed E-state index contributed by atoms with van der Waals surface area (Å²) >= 11 is 0. The maximum Gasteiger partial charge on any atom is 0.191 e. The Kier molecular flexibility index (Phi) is 5.44. The second-order valence-corrected chi connectivity index (χ2v) is 5.36. The summed E-state index contributed by atoms with van der Waals surface area (Å²) < 4.78 is 2.17. The second-order valence-electron chi connectivity index (χ2n) is 5.36. The SMILES string of the molecule is CN(C(N)=NCCCn1cnc2ccccc21)C1CC1.I. The number of benzene rings is 1. The quantitative estimate of drug-likeness (QED) is 0.364. The first-order valence-corrected chi connectivity index (χ1v) is 7.18. The van der Waals surface area contributed by atoms with Crippen LogP contribution < -0.4 is 5.73 Å². The number of para-hydroxylation sites is 2. The highest BCUT2D eigenvalue weighted by molar-refractivity contribution is 14.0. The Hall–Kier alpha value is -1.31. The van der Waals surface area contributed by atoms with E-state index in [1.54, 1.807) is 0 Å². The molecule has 1 aliphatic carbocycles. The number of imidazole rings is 1. The molecule has 0 unspecified atom stereocenters. The number of halogens is 1. The Morgan fingerprint density at radius 1 is 1.43 bits per heavy atom. The van der Waals surface area contributed by atoms with E-state index in [-0.39, 0.29) is 24.0 Å². The van der Waals surface area contributed by atoms with Crippen LogP contribution in [0.5, 0.6) is 0 Å². The highest BCUT2D eigenvalue weighted by Crippen LogP contribution is 2.24. The number of aromatic nitrogens is 2. The normalized spacial score (nSPS) is 15.0. The minimum absolute atomic E-state index is 0. The molecule has 0 atom stereocenters. The van der Waals surface area contributed by atoms with Gasteiger partial charge >= 0.3 is 0 Å². The van der Waals surface area contributed by atoms with Crippen LogP contribution in [0.1, 0.15) is 19.3 Å². The summed E-state index contributed by atoms with van der Waals surface area (Å²) in [6.07, 6.45) is 5.36. The smallest absolute Gasteiger partial charge is 0.191 e. The molecule has 6 heteroatoms. The lowest BCUT2D eigenvalue weighted by Gasteiger charge is -2.16. The molecule has 5 nitrogen and oxygen atoms in total. The average Bonchev–Trinajstić information content (AvgIpc) is 3.24. The van der Waals surface area contributed by atoms with E-state index in [1.807, 2.05) is 31.6 Å². The third-order valence-corrected chi connectivity index (χ3v) is 3.81. The molecular weight excluding hydrogens is 377 g/mol. The van der Waals surface area contributed by atoms with Gasteiger partial charge in [-0.2, -0.15) is 0 Å². The van der Waals surface area contributed by atoms with Crippen molar-refractivity contribution >= 4 is 41.0 Å². The fraction of sp³-hybridized carbons (Fsp3) is 0.467. The van der Waals surface area contributed by atoms with Crippen molar-refractivity contribution in [3.8, 4) is 0 Å². The zero-order valence-electron chi connectivity index (χ0n) is 12.3. The van der Waals surface area contributed by atoms with E-state index in [0.29, 0.717) is 12.0 Å². The molecule has 1 heterocycles. The number of aryl methyl sites for hydroxylation is 1. The molecule has 1 aromatic carbocycles. The van der Waals surface area contributed by atoms with Crippen molar-refractivity contribution < 1.29 is 0 Å². The van der Waals surface area contributed by atoms with E-state index in [0.717, 1.165) is 25.0 Å². The van der Waals surface area contributed by atoms with Crippen LogP contribution in [0.3, 0.4) is 0 Å². The molecule has 0 amide bonds. The van der Waals surface area contributed by atoms with Crippen LogP contribution in [0.4, 0.5) is 0 Å². The summed E-state index contributed by atoms with van der Waals surface area (Å²) in [5, 5.41) is 0. The van der Waals surface area contributed by atoms with Gasteiger partial charge in [-0.1, -0.05) is 12.1 Å². The molecule has 0 aliphatic heterocycles. The van der Waals surface area contributed by atoms with E-state index >= 15 is 0 Å². The maximum absolute atomic E-state index is 5.96. The Labute approximate surface area is 142 Å². The fourth-order valence-corrected chi connectivity index (χ4v) is 2.38. The summed E-state index contributed by atoms with van der Waals surface area (Å²) in [6, 6.07) is 8.81. The van der Waals surface area contributed by atoms with Crippen LogP contribution in [0, 0.1) is 0 Å². The molecule has 1 aliphatic rings. The monoisotopic (exact) mass is 399 g/mol. The maximum atomic E-state index is 5.96. The first kappa shape index (κ1) is 16.1. The van der Waals surface area contributed by atoms with Crippen molar-refractivity contribution in [2.24, 2.45) is 10.7 Å². The fourth-order valence-electron chi connectivity index (χ4n) is 2.38. The van der Waals surface area contributed by atoms with E-state index in [4.69, 9.17) is 5.73 Å². The number of aliphatic imine (C=N–C) groups is 1. The van der Waals surface area contributed by atoms with Crippen LogP contribution in [0.25, 0.3) is 11.0 Å². The van der Waals surface area contributed by atoms with Crippen LogP contribution in [-0.2, 0) is 6.54 Å². The van der Waals surface area contributed by atoms with Crippen molar-refractivity contribution in [1.29, 1.82) is 0 Å². The van der Waals surface area contributed by atoms with Gasteiger partial charge in [0.05, 0.1) is 17.4 Å². The summed E-state index contributed by atoms with van der Waals surface area (Å²) in [6.45, 7) is 1.68. The highest BCUT2D eigenvalue weighted by atomic mass is 127. The average molecular weight is 399 g/mol. The molecule has 1 saturated carbocycles. The van der Waals surface area contributed by atoms with Gasteiger partial charge in [0.15, 0.2) is 5.96 Å². The van der Waals surface area contributed by atoms with E-state index < -0.39 is 0 Å². The van der Waals surface area contributed by atoms with Gasteiger partial charge in [0.25, 0.3) is 0 Å². The van der Waals surface area contributed by atoms with E-state index in [1.165, 1.54) is 18.4 Å². The minimum atomic E-state index is 0. The van der Waals surface area contributed by atoms with Gasteiger partial charge in [-0.25, -0.2) is 4.98 Å². The standard InChI is InChI=1S/C15H21N5.HI/c1-19(12-7-8-12)15(16)17-9-4-10-20-11-18-13-5-2-3-6-14(13)20;/h2-3,5-6,11-12H,4,7-10H2,1H3,(H2,16,17);1H. The minimum Gasteiger partial charge on any atom is -0.370 e. The number of rotatable bonds is 5. The van der Waals surface area contributed by atoms with Gasteiger partial charge in [0.2, 0.25) is 0 Å². The zero-order valence-corrected chi connectivity index (χ0v) is 14.6. The Morgan fingerprint density at radius 3 is 2.95 bits per heavy atom. The lowest BCUT2D eigenvalue weighted by atomic mass is 10.3. The molecular formula is C15H22IN5. The van der Waals surface area contributed by atoms with Crippen molar-refractivity contribution in [3.63, 3.8) is 0 Å². The molecule has 0 saturated heterocycles. The molecule has 0 spiro atoms. The van der Waals surface area contributed by atoms with Crippen molar-refractivity contribution in [1.82, 2.24) is 14.5 Å². The number of nitrogens with zero attached hydrogens (tertiary/aromatic N) is 4. The summed E-state index contributed by atoms with van der Waals surface area (Å²) in [5.41, 5.74) is 8.19. The number of nitrogens with two attached hydrogens (primary N) is 1. The molecule has 1 aromatic heterocycles. The predicted molar refractivity (Wildman–Crippen MR) is 97.0 cm³/mol. The van der Waals surface area contributed by atoms with Crippen molar-refractivity contribution in [2.45, 2.75) is 31.8 Å². The van der Waals surface area contributed by atoms with Gasteiger partial charge in [-0.15, -0.1) is 24.0 Å². The first-order valence-electron chi connectivity index (χ1n) is 7.18. The first-order chi connectivity index (χ1) is 9.75.